The molecule has 1 heterocycles. The van der Waals surface area contributed by atoms with E-state index in [2.05, 4.69) is 25.4 Å². The van der Waals surface area contributed by atoms with E-state index >= 15 is 0 Å². The SMILES string of the molecule is CCCCS(=O)(=O)Nc1ccc(-n2nnc(C(=O)NC3CCCC3)n2)cc1. The van der Waals surface area contributed by atoms with Gasteiger partial charge < -0.3 is 5.32 Å². The average Bonchev–Trinajstić information content (AvgIpc) is 3.32. The minimum Gasteiger partial charge on any atom is -0.346 e. The van der Waals surface area contributed by atoms with E-state index in [0.29, 0.717) is 17.8 Å². The summed E-state index contributed by atoms with van der Waals surface area (Å²) in [5, 5.41) is 14.7. The van der Waals surface area contributed by atoms with Gasteiger partial charge in [0.05, 0.1) is 11.4 Å². The smallest absolute Gasteiger partial charge is 0.293 e. The molecule has 2 N–H and O–H groups in total. The van der Waals surface area contributed by atoms with E-state index in [1.165, 1.54) is 4.80 Å². The third kappa shape index (κ3) is 5.25. The highest BCUT2D eigenvalue weighted by Gasteiger charge is 2.21. The first-order chi connectivity index (χ1) is 13.0. The first-order valence-electron chi connectivity index (χ1n) is 9.18. The molecule has 0 aliphatic heterocycles. The third-order valence-electron chi connectivity index (χ3n) is 4.45. The van der Waals surface area contributed by atoms with Crippen LogP contribution in [0, 0.1) is 0 Å². The summed E-state index contributed by atoms with van der Waals surface area (Å²) in [5.74, 6) is -0.213. The highest BCUT2D eigenvalue weighted by atomic mass is 32.2. The molecular weight excluding hydrogens is 368 g/mol. The van der Waals surface area contributed by atoms with Crippen molar-refractivity contribution in [2.45, 2.75) is 51.5 Å². The number of rotatable bonds is 8. The molecule has 3 rings (SSSR count). The minimum absolute atomic E-state index is 0.0197. The van der Waals surface area contributed by atoms with E-state index in [1.54, 1.807) is 24.3 Å². The molecule has 0 bridgehead atoms. The van der Waals surface area contributed by atoms with E-state index < -0.39 is 10.0 Å². The number of carbonyl (C=O) groups excluding carboxylic acids is 1. The van der Waals surface area contributed by atoms with E-state index in [-0.39, 0.29) is 23.5 Å². The summed E-state index contributed by atoms with van der Waals surface area (Å²) in [6.45, 7) is 1.94. The lowest BCUT2D eigenvalue weighted by atomic mass is 10.2. The van der Waals surface area contributed by atoms with Gasteiger partial charge in [0.25, 0.3) is 11.7 Å². The largest absolute Gasteiger partial charge is 0.346 e. The van der Waals surface area contributed by atoms with Crippen LogP contribution in [0.1, 0.15) is 56.1 Å². The van der Waals surface area contributed by atoms with Gasteiger partial charge in [0.1, 0.15) is 0 Å². The van der Waals surface area contributed by atoms with Crippen LogP contribution in [0.25, 0.3) is 5.69 Å². The number of aromatic nitrogens is 4. The number of unbranched alkanes of at least 4 members (excludes halogenated alkanes) is 1. The van der Waals surface area contributed by atoms with Crippen LogP contribution < -0.4 is 10.0 Å². The van der Waals surface area contributed by atoms with Crippen molar-refractivity contribution in [2.24, 2.45) is 0 Å². The van der Waals surface area contributed by atoms with E-state index in [1.807, 2.05) is 6.92 Å². The van der Waals surface area contributed by atoms with Crippen molar-refractivity contribution in [1.82, 2.24) is 25.5 Å². The van der Waals surface area contributed by atoms with Gasteiger partial charge in [0.15, 0.2) is 0 Å². The molecule has 2 aromatic rings. The fourth-order valence-electron chi connectivity index (χ4n) is 2.96. The van der Waals surface area contributed by atoms with Gasteiger partial charge in [-0.1, -0.05) is 26.2 Å². The van der Waals surface area contributed by atoms with Gasteiger partial charge in [0.2, 0.25) is 10.0 Å². The van der Waals surface area contributed by atoms with Crippen molar-refractivity contribution in [3.05, 3.63) is 30.1 Å². The number of carbonyl (C=O) groups is 1. The Morgan fingerprint density at radius 2 is 1.93 bits per heavy atom. The molecule has 1 aliphatic rings. The summed E-state index contributed by atoms with van der Waals surface area (Å²) < 4.78 is 26.4. The van der Waals surface area contributed by atoms with Crippen LogP contribution in [-0.4, -0.2) is 46.3 Å². The van der Waals surface area contributed by atoms with Crippen LogP contribution in [0.4, 0.5) is 5.69 Å². The zero-order valence-electron chi connectivity index (χ0n) is 15.3. The fraction of sp³-hybridized carbons (Fsp3) is 0.529. The molecule has 1 aromatic heterocycles. The lowest BCUT2D eigenvalue weighted by Crippen LogP contribution is -2.33. The molecule has 1 fully saturated rings. The molecule has 1 saturated carbocycles. The molecule has 1 aliphatic carbocycles. The normalized spacial score (nSPS) is 15.0. The summed E-state index contributed by atoms with van der Waals surface area (Å²) >= 11 is 0. The number of benzene rings is 1. The zero-order chi connectivity index (χ0) is 19.3. The highest BCUT2D eigenvalue weighted by Crippen LogP contribution is 2.18. The number of hydrogen-bond donors (Lipinski definition) is 2. The standard InChI is InChI=1S/C17H24N6O3S/c1-2-3-12-27(25,26)21-14-8-10-15(11-9-14)23-20-16(19-22-23)17(24)18-13-6-4-5-7-13/h8-11,13,21H,2-7,12H2,1H3,(H,18,24). The van der Waals surface area contributed by atoms with Gasteiger partial charge in [-0.2, -0.15) is 0 Å². The van der Waals surface area contributed by atoms with Crippen molar-refractivity contribution in [1.29, 1.82) is 0 Å². The fourth-order valence-corrected chi connectivity index (χ4v) is 4.23. The van der Waals surface area contributed by atoms with E-state index in [4.69, 9.17) is 0 Å². The number of amides is 1. The van der Waals surface area contributed by atoms with Crippen LogP contribution in [0.5, 0.6) is 0 Å². The van der Waals surface area contributed by atoms with E-state index in [9.17, 15) is 13.2 Å². The molecule has 146 valence electrons. The molecule has 1 amide bonds. The number of hydrogen-bond acceptors (Lipinski definition) is 6. The van der Waals surface area contributed by atoms with Crippen molar-refractivity contribution in [3.63, 3.8) is 0 Å². The van der Waals surface area contributed by atoms with Crippen molar-refractivity contribution in [3.8, 4) is 5.69 Å². The quantitative estimate of drug-likeness (QED) is 0.708. The predicted molar refractivity (Wildman–Crippen MR) is 101 cm³/mol. The molecule has 0 radical (unpaired) electrons. The maximum Gasteiger partial charge on any atom is 0.293 e. The second-order valence-corrected chi connectivity index (χ2v) is 8.52. The molecule has 0 atom stereocenters. The van der Waals surface area contributed by atoms with Gasteiger partial charge in [-0.15, -0.1) is 15.0 Å². The van der Waals surface area contributed by atoms with Crippen LogP contribution in [0.15, 0.2) is 24.3 Å². The maximum atomic E-state index is 12.2. The summed E-state index contributed by atoms with van der Waals surface area (Å²) in [6, 6.07) is 6.76. The molecule has 0 saturated heterocycles. The third-order valence-corrected chi connectivity index (χ3v) is 5.82. The van der Waals surface area contributed by atoms with Gasteiger partial charge >= 0.3 is 0 Å². The Labute approximate surface area is 158 Å². The number of tetrazole rings is 1. The van der Waals surface area contributed by atoms with Crippen molar-refractivity contribution in [2.75, 3.05) is 10.5 Å². The monoisotopic (exact) mass is 392 g/mol. The Morgan fingerprint density at radius 1 is 1.22 bits per heavy atom. The molecule has 0 unspecified atom stereocenters. The number of nitrogens with zero attached hydrogens (tertiary/aromatic N) is 4. The summed E-state index contributed by atoms with van der Waals surface area (Å²) in [4.78, 5) is 13.4. The molecule has 1 aromatic carbocycles. The Hall–Kier alpha value is -2.49. The van der Waals surface area contributed by atoms with Crippen molar-refractivity contribution >= 4 is 21.6 Å². The van der Waals surface area contributed by atoms with Crippen LogP contribution >= 0.6 is 0 Å². The zero-order valence-corrected chi connectivity index (χ0v) is 16.1. The first kappa shape index (κ1) is 19.3. The second kappa shape index (κ2) is 8.47. The Morgan fingerprint density at radius 3 is 2.59 bits per heavy atom. The molecular formula is C17H24N6O3S. The van der Waals surface area contributed by atoms with Crippen LogP contribution in [0.2, 0.25) is 0 Å². The topological polar surface area (TPSA) is 119 Å². The lowest BCUT2D eigenvalue weighted by molar-refractivity contribution is 0.0927. The van der Waals surface area contributed by atoms with Crippen molar-refractivity contribution < 1.29 is 13.2 Å². The summed E-state index contributed by atoms with van der Waals surface area (Å²) in [6.07, 6.45) is 5.64. The van der Waals surface area contributed by atoms with Crippen LogP contribution in [0.3, 0.4) is 0 Å². The van der Waals surface area contributed by atoms with Gasteiger partial charge in [-0.05, 0) is 48.7 Å². The minimum atomic E-state index is -3.35. The Balaban J connectivity index is 1.63. The van der Waals surface area contributed by atoms with Gasteiger partial charge in [0, 0.05) is 11.7 Å². The molecule has 9 nitrogen and oxygen atoms in total. The van der Waals surface area contributed by atoms with Gasteiger partial charge in [-0.3, -0.25) is 9.52 Å². The Kier molecular flexibility index (Phi) is 6.04. The molecule has 10 heteroatoms. The first-order valence-corrected chi connectivity index (χ1v) is 10.8. The Bertz CT molecular complexity index is 872. The summed E-state index contributed by atoms with van der Waals surface area (Å²) in [5.41, 5.74) is 1.05. The van der Waals surface area contributed by atoms with Gasteiger partial charge in [-0.25, -0.2) is 8.42 Å². The predicted octanol–water partition coefficient (Wildman–Crippen LogP) is 1.88. The molecule has 27 heavy (non-hydrogen) atoms. The number of sulfonamides is 1. The lowest BCUT2D eigenvalue weighted by Gasteiger charge is -2.09. The van der Waals surface area contributed by atoms with E-state index in [0.717, 1.165) is 32.1 Å². The molecule has 0 spiro atoms. The number of nitrogens with one attached hydrogen (secondary N) is 2. The number of anilines is 1. The average molecular weight is 392 g/mol. The second-order valence-electron chi connectivity index (χ2n) is 6.68. The maximum absolute atomic E-state index is 12.2. The van der Waals surface area contributed by atoms with Crippen LogP contribution in [-0.2, 0) is 10.0 Å². The highest BCUT2D eigenvalue weighted by molar-refractivity contribution is 7.92. The summed E-state index contributed by atoms with van der Waals surface area (Å²) in [7, 11) is -3.35.